The minimum absolute atomic E-state index is 0.295. The van der Waals surface area contributed by atoms with Crippen molar-refractivity contribution in [3.8, 4) is 5.88 Å². The summed E-state index contributed by atoms with van der Waals surface area (Å²) in [6.45, 7) is 6.76. The Bertz CT molecular complexity index is 1110. The number of piperazine rings is 1. The quantitative estimate of drug-likeness (QED) is 0.339. The molecule has 34 heavy (non-hydrogen) atoms. The van der Waals surface area contributed by atoms with Gasteiger partial charge in [-0.05, 0) is 17.2 Å². The van der Waals surface area contributed by atoms with E-state index >= 15 is 0 Å². The maximum Gasteiger partial charge on any atom is 0.233 e. The van der Waals surface area contributed by atoms with Gasteiger partial charge in [-0.1, -0.05) is 60.7 Å². The molecule has 0 N–H and O–H groups in total. The Labute approximate surface area is 199 Å². The second-order valence-corrected chi connectivity index (χ2v) is 8.34. The monoisotopic (exact) mass is 458 g/mol. The summed E-state index contributed by atoms with van der Waals surface area (Å²) in [5.74, 6) is 0.518. The second kappa shape index (κ2) is 11.2. The third-order valence-electron chi connectivity index (χ3n) is 6.16. The minimum Gasteiger partial charge on any atom is -0.474 e. The summed E-state index contributed by atoms with van der Waals surface area (Å²) in [6, 6.07) is 25.5. The van der Waals surface area contributed by atoms with Crippen LogP contribution in [0.3, 0.4) is 0 Å². The smallest absolute Gasteiger partial charge is 0.233 e. The lowest BCUT2D eigenvalue weighted by molar-refractivity contribution is 0.0548. The van der Waals surface area contributed by atoms with Crippen molar-refractivity contribution < 1.29 is 9.47 Å². The molecule has 176 valence electrons. The van der Waals surface area contributed by atoms with Gasteiger partial charge in [0.1, 0.15) is 12.9 Å². The third-order valence-corrected chi connectivity index (χ3v) is 6.16. The fraction of sp³-hybridized carbons (Fsp3) is 0.346. The Morgan fingerprint density at radius 3 is 2.18 bits per heavy atom. The van der Waals surface area contributed by atoms with E-state index < -0.39 is 0 Å². The lowest BCUT2D eigenvalue weighted by Gasteiger charge is -2.39. The molecule has 8 nitrogen and oxygen atoms in total. The lowest BCUT2D eigenvalue weighted by Crippen LogP contribution is -2.48. The summed E-state index contributed by atoms with van der Waals surface area (Å²) in [4.78, 5) is 9.14. The molecule has 1 saturated heterocycles. The van der Waals surface area contributed by atoms with E-state index in [9.17, 15) is 0 Å². The van der Waals surface area contributed by atoms with Crippen LogP contribution in [0, 0.1) is 0 Å². The SMILES string of the molecule is c1ccc(C(c2ccccc2)N2CCN(CCOCCOc3ccc4ncnn4n3)CC2)cc1. The molecular weight excluding hydrogens is 428 g/mol. The number of rotatable bonds is 10. The molecule has 0 aliphatic carbocycles. The first-order valence-corrected chi connectivity index (χ1v) is 11.8. The van der Waals surface area contributed by atoms with Gasteiger partial charge >= 0.3 is 0 Å². The Morgan fingerprint density at radius 1 is 0.765 bits per heavy atom. The van der Waals surface area contributed by atoms with Gasteiger partial charge in [-0.25, -0.2) is 4.98 Å². The van der Waals surface area contributed by atoms with Crippen LogP contribution >= 0.6 is 0 Å². The first-order valence-electron chi connectivity index (χ1n) is 11.8. The van der Waals surface area contributed by atoms with Crippen LogP contribution in [0.2, 0.25) is 0 Å². The molecule has 2 aromatic carbocycles. The fourth-order valence-corrected chi connectivity index (χ4v) is 4.41. The van der Waals surface area contributed by atoms with Gasteiger partial charge in [0.05, 0.1) is 19.3 Å². The van der Waals surface area contributed by atoms with Crippen molar-refractivity contribution in [2.24, 2.45) is 0 Å². The van der Waals surface area contributed by atoms with Gasteiger partial charge < -0.3 is 9.47 Å². The topological polar surface area (TPSA) is 68.0 Å². The molecule has 0 radical (unpaired) electrons. The maximum absolute atomic E-state index is 5.80. The number of nitrogens with zero attached hydrogens (tertiary/aromatic N) is 6. The van der Waals surface area contributed by atoms with Gasteiger partial charge in [-0.2, -0.15) is 0 Å². The molecule has 0 unspecified atom stereocenters. The van der Waals surface area contributed by atoms with Crippen molar-refractivity contribution in [1.82, 2.24) is 29.6 Å². The molecular formula is C26H30N6O2. The molecule has 1 aliphatic heterocycles. The van der Waals surface area contributed by atoms with E-state index in [-0.39, 0.29) is 0 Å². The molecule has 3 heterocycles. The van der Waals surface area contributed by atoms with Crippen LogP contribution < -0.4 is 4.74 Å². The van der Waals surface area contributed by atoms with Crippen LogP contribution in [0.25, 0.3) is 5.65 Å². The largest absolute Gasteiger partial charge is 0.474 e. The number of hydrogen-bond donors (Lipinski definition) is 0. The van der Waals surface area contributed by atoms with Gasteiger partial charge in [0.2, 0.25) is 5.88 Å². The summed E-state index contributed by atoms with van der Waals surface area (Å²) in [7, 11) is 0. The molecule has 2 aromatic heterocycles. The van der Waals surface area contributed by atoms with Crippen molar-refractivity contribution in [3.63, 3.8) is 0 Å². The van der Waals surface area contributed by atoms with Gasteiger partial charge in [0, 0.05) is 38.8 Å². The normalized spacial score (nSPS) is 15.2. The van der Waals surface area contributed by atoms with Crippen molar-refractivity contribution >= 4 is 5.65 Å². The summed E-state index contributed by atoms with van der Waals surface area (Å²) in [5, 5.41) is 8.26. The summed E-state index contributed by atoms with van der Waals surface area (Å²) < 4.78 is 12.9. The van der Waals surface area contributed by atoms with Crippen LogP contribution in [0.1, 0.15) is 17.2 Å². The number of benzene rings is 2. The molecule has 0 spiro atoms. The van der Waals surface area contributed by atoms with E-state index in [4.69, 9.17) is 9.47 Å². The zero-order valence-electron chi connectivity index (χ0n) is 19.2. The zero-order chi connectivity index (χ0) is 23.0. The fourth-order valence-electron chi connectivity index (χ4n) is 4.41. The Kier molecular flexibility index (Phi) is 7.40. The van der Waals surface area contributed by atoms with Crippen LogP contribution in [0.15, 0.2) is 79.1 Å². The number of ether oxygens (including phenoxy) is 2. The molecule has 1 fully saturated rings. The van der Waals surface area contributed by atoms with E-state index in [0.717, 1.165) is 32.7 Å². The highest BCUT2D eigenvalue weighted by Gasteiger charge is 2.26. The predicted molar refractivity (Wildman–Crippen MR) is 130 cm³/mol. The van der Waals surface area contributed by atoms with E-state index in [1.165, 1.54) is 22.1 Å². The van der Waals surface area contributed by atoms with Crippen LogP contribution in [-0.2, 0) is 4.74 Å². The van der Waals surface area contributed by atoms with E-state index in [2.05, 4.69) is 85.6 Å². The van der Waals surface area contributed by atoms with Crippen LogP contribution in [0.4, 0.5) is 0 Å². The van der Waals surface area contributed by atoms with Crippen molar-refractivity contribution in [2.45, 2.75) is 6.04 Å². The van der Waals surface area contributed by atoms with Gasteiger partial charge in [0.25, 0.3) is 0 Å². The number of fused-ring (bicyclic) bond motifs is 1. The standard InChI is InChI=1S/C26H30N6O2/c1-3-7-22(8-4-1)26(23-9-5-2-6-10-23)31-15-13-30(14-16-31)17-18-33-19-20-34-25-12-11-24-27-21-28-32(24)29-25/h1-12,21,26H,13-20H2. The Morgan fingerprint density at radius 2 is 1.47 bits per heavy atom. The highest BCUT2D eigenvalue weighted by atomic mass is 16.5. The molecule has 4 aromatic rings. The predicted octanol–water partition coefficient (Wildman–Crippen LogP) is 2.93. The average molecular weight is 459 g/mol. The highest BCUT2D eigenvalue weighted by molar-refractivity contribution is 5.35. The number of hydrogen-bond acceptors (Lipinski definition) is 7. The lowest BCUT2D eigenvalue weighted by atomic mass is 9.96. The zero-order valence-corrected chi connectivity index (χ0v) is 19.2. The van der Waals surface area contributed by atoms with Crippen molar-refractivity contribution in [1.29, 1.82) is 0 Å². The average Bonchev–Trinajstić information content (AvgIpc) is 3.36. The van der Waals surface area contributed by atoms with E-state index in [1.807, 2.05) is 6.07 Å². The molecule has 0 bridgehead atoms. The van der Waals surface area contributed by atoms with Crippen LogP contribution in [0.5, 0.6) is 5.88 Å². The molecule has 0 saturated carbocycles. The van der Waals surface area contributed by atoms with Crippen molar-refractivity contribution in [3.05, 3.63) is 90.3 Å². The van der Waals surface area contributed by atoms with E-state index in [1.54, 1.807) is 6.07 Å². The highest BCUT2D eigenvalue weighted by Crippen LogP contribution is 2.29. The molecule has 0 amide bonds. The maximum atomic E-state index is 5.80. The van der Waals surface area contributed by atoms with Crippen LogP contribution in [-0.4, -0.2) is 82.2 Å². The third kappa shape index (κ3) is 5.59. The van der Waals surface area contributed by atoms with Gasteiger partial charge in [-0.15, -0.1) is 14.8 Å². The second-order valence-electron chi connectivity index (χ2n) is 8.34. The Balaban J connectivity index is 1.04. The summed E-state index contributed by atoms with van der Waals surface area (Å²) in [5.41, 5.74) is 3.40. The van der Waals surface area contributed by atoms with E-state index in [0.29, 0.717) is 37.4 Å². The minimum atomic E-state index is 0.295. The summed E-state index contributed by atoms with van der Waals surface area (Å²) >= 11 is 0. The molecule has 0 atom stereocenters. The van der Waals surface area contributed by atoms with Gasteiger partial charge in [0.15, 0.2) is 5.65 Å². The van der Waals surface area contributed by atoms with Crippen molar-refractivity contribution in [2.75, 3.05) is 52.5 Å². The molecule has 1 aliphatic rings. The Hall–Kier alpha value is -3.33. The first-order chi connectivity index (χ1) is 16.9. The van der Waals surface area contributed by atoms with Gasteiger partial charge in [-0.3, -0.25) is 9.80 Å². The first kappa shape index (κ1) is 22.5. The summed E-state index contributed by atoms with van der Waals surface area (Å²) in [6.07, 6.45) is 1.47. The molecule has 8 heteroatoms. The number of aromatic nitrogens is 4. The molecule has 5 rings (SSSR count).